The van der Waals surface area contributed by atoms with Crippen molar-refractivity contribution in [2.75, 3.05) is 289 Å². The zero-order valence-electron chi connectivity index (χ0n) is 66.4. The van der Waals surface area contributed by atoms with Gasteiger partial charge in [-0.25, -0.2) is 75.8 Å². The van der Waals surface area contributed by atoms with Gasteiger partial charge >= 0.3 is 0 Å². The Morgan fingerprint density at radius 2 is 0.661 bits per heavy atom. The molecule has 0 amide bonds. The molecule has 5 aliphatic heterocycles. The van der Waals surface area contributed by atoms with Crippen LogP contribution in [-0.4, -0.2) is 439 Å². The molecule has 0 unspecified atom stereocenters. The number of nitrogens with two attached hydrogens (primary N) is 1. The number of unbranched alkanes of at least 4 members (excludes halogenated alkanes) is 1. The minimum atomic E-state index is -4.26. The van der Waals surface area contributed by atoms with E-state index in [1.807, 2.05) is 7.05 Å². The maximum atomic E-state index is 10.9. The van der Waals surface area contributed by atoms with Gasteiger partial charge in [0.25, 0.3) is 0 Å². The van der Waals surface area contributed by atoms with Crippen LogP contribution in [0.3, 0.4) is 0 Å². The lowest BCUT2D eigenvalue weighted by molar-refractivity contribution is -1.03. The van der Waals surface area contributed by atoms with Gasteiger partial charge in [0, 0.05) is 116 Å². The van der Waals surface area contributed by atoms with Gasteiger partial charge < -0.3 is 98.1 Å². The summed E-state index contributed by atoms with van der Waals surface area (Å²) in [4.78, 5) is 5.76. The lowest BCUT2D eigenvalue weighted by atomic mass is 9.93. The number of aliphatic hydroxyl groups is 1. The van der Waals surface area contributed by atoms with Gasteiger partial charge in [0.15, 0.2) is 0 Å². The van der Waals surface area contributed by atoms with Gasteiger partial charge in [0.1, 0.15) is 124 Å². The van der Waals surface area contributed by atoms with Gasteiger partial charge in [0.2, 0.25) is 0 Å². The van der Waals surface area contributed by atoms with E-state index in [4.69, 9.17) is 9.84 Å². The number of hydrogen-bond donors (Lipinski definition) is 6. The summed E-state index contributed by atoms with van der Waals surface area (Å²) in [5, 5.41) is 11.1. The molecule has 0 atom stereocenters. The Bertz CT molecular complexity index is 3560. The van der Waals surface area contributed by atoms with E-state index in [0.29, 0.717) is 102 Å². The third-order valence-corrected chi connectivity index (χ3v) is 29.8. The molecule has 6 rings (SSSR count). The minimum Gasteiger partial charge on any atom is -0.748 e. The third kappa shape index (κ3) is 55.5. The van der Waals surface area contributed by atoms with Gasteiger partial charge in [-0.1, -0.05) is 19.8 Å². The van der Waals surface area contributed by atoms with Crippen LogP contribution < -0.4 is 24.9 Å². The summed E-state index contributed by atoms with van der Waals surface area (Å²) >= 11 is 0. The van der Waals surface area contributed by atoms with Crippen LogP contribution in [0.15, 0.2) is 0 Å². The highest BCUT2D eigenvalue weighted by molar-refractivity contribution is 7.87. The molecule has 6 fully saturated rings. The van der Waals surface area contributed by atoms with Crippen molar-refractivity contribution in [2.45, 2.75) is 122 Å². The number of quaternary nitrogens is 10. The Balaban J connectivity index is 0.000000478. The van der Waals surface area contributed by atoms with Gasteiger partial charge in [-0.05, 0) is 32.1 Å². The summed E-state index contributed by atoms with van der Waals surface area (Å²) in [6.07, 6.45) is 12.4. The van der Waals surface area contributed by atoms with Crippen molar-refractivity contribution in [3.8, 4) is 0 Å². The molecule has 6 aliphatic rings. The standard InChI is InChI=1S/C16H32N2O6S2.C14H30N2O7S2.C12H26N2O7S2.C12H26N2O3S.C10H22N2O6S2/c19-25(20,21)14-4-10-18(11-5-15-26(22,23)24)12-8-17(9-13-18)16-6-2-1-3-7-16;1-16(9-3-13-24(17,18)19,10-4-14-25(20,21)22)8-2-5-15-6-11-23-12-7-15;15-10-5-13-3-8-14(9-4-13,6-1-11-22(16,17)18)7-2-12-23(19,20)21;1-3-4-9-14(2)10-7-13(8-11-14)6-5-12-18(15,16)17;13-19(14,15)9-1-5-12(7-3-11-4-8-12)6-2-10-20(16,17)18/h16H,1-15H2,(H-,19,20,21,22,23,24);2-14H2,1H3,(H-,17,18,19,20,21,22);15H,1-12H2,(H-,16,17,18,19,20,21);3-12H2,1-2H3;11H,1-10H2,(H-,13,14,15,16,17,18)/p+1. The molecule has 5 saturated heterocycles. The molecule has 0 aromatic rings. The van der Waals surface area contributed by atoms with E-state index >= 15 is 0 Å². The van der Waals surface area contributed by atoms with Crippen molar-refractivity contribution in [1.29, 1.82) is 0 Å². The SMILES string of the molecule is CCCC[N+]1(C)CC[NH+](CCCS(=O)(=O)[O-])CC1.C[N+](CCC[NH+]1CCOCC1)(CCCS(=O)(=O)[O-])CCCS(=O)(=O)[O-].O=S(=O)([O-])CCC[N+]1(CCCS(=O)(=O)[O-])CC[NH+](C2CCCCC2)CC1.O=S(=O)([O-])CCC[N+]1(CCCS(=O)(=O)[O-])CC[NH+](CCO)CC1.O=S(=O)([O-])CCC[N+]1(CCCS(=O)(=O)[O-])CC[NH2+]CC1. The van der Waals surface area contributed by atoms with Crippen LogP contribution in [0.1, 0.15) is 116 Å². The number of hydrogen-bond acceptors (Lipinski definition) is 29. The molecule has 0 bridgehead atoms. The Morgan fingerprint density at radius 1 is 0.366 bits per heavy atom. The summed E-state index contributed by atoms with van der Waals surface area (Å²) in [7, 11) is -33.7. The average molecular weight is 1800 g/mol. The van der Waals surface area contributed by atoms with Crippen molar-refractivity contribution in [1.82, 2.24) is 0 Å². The molecule has 112 heavy (non-hydrogen) atoms. The number of nitrogens with zero attached hydrogens (tertiary/aromatic N) is 5. The fourth-order valence-electron chi connectivity index (χ4n) is 16.3. The molecule has 1 saturated carbocycles. The van der Waals surface area contributed by atoms with Gasteiger partial charge in [-0.2, -0.15) is 0 Å². The van der Waals surface area contributed by atoms with E-state index < -0.39 is 126 Å². The summed E-state index contributed by atoms with van der Waals surface area (Å²) in [5.74, 6) is -3.46. The van der Waals surface area contributed by atoms with Gasteiger partial charge in [-0.15, -0.1) is 0 Å². The van der Waals surface area contributed by atoms with E-state index in [1.54, 1.807) is 4.90 Å². The lowest BCUT2D eigenvalue weighted by Gasteiger charge is -2.45. The quantitative estimate of drug-likeness (QED) is 0.0243. The Kier molecular flexibility index (Phi) is 48.5. The molecule has 0 radical (unpaired) electrons. The monoisotopic (exact) mass is 1800 g/mol. The Labute approximate surface area is 671 Å². The molecule has 1 aliphatic carbocycles. The lowest BCUT2D eigenvalue weighted by Crippen LogP contribution is -3.19. The summed E-state index contributed by atoms with van der Waals surface area (Å²) in [6, 6.07) is 0.704. The van der Waals surface area contributed by atoms with Crippen molar-refractivity contribution >= 4 is 91.1 Å². The molecular weight excluding hydrogens is 1660 g/mol. The molecule has 670 valence electrons. The number of aliphatic hydroxyl groups excluding tert-OH is 1. The molecular formula is C64H137N10O29S9+. The molecule has 39 nitrogen and oxygen atoms in total. The van der Waals surface area contributed by atoms with Crippen LogP contribution in [0.4, 0.5) is 0 Å². The zero-order chi connectivity index (χ0) is 84.7. The summed E-state index contributed by atoms with van der Waals surface area (Å²) in [6.45, 7) is 28.8. The Hall–Kier alpha value is -1.29. The average Bonchev–Trinajstić information content (AvgIpc) is 0.754. The highest BCUT2D eigenvalue weighted by atomic mass is 32.3. The van der Waals surface area contributed by atoms with Crippen LogP contribution in [0, 0.1) is 0 Å². The number of rotatable bonds is 46. The second-order valence-electron chi connectivity index (χ2n) is 32.2. The van der Waals surface area contributed by atoms with Crippen molar-refractivity contribution < 1.29 is 174 Å². The van der Waals surface area contributed by atoms with E-state index in [9.17, 15) is 117 Å². The van der Waals surface area contributed by atoms with Crippen molar-refractivity contribution in [3.05, 3.63) is 0 Å². The number of ether oxygens (including phenoxy) is 1. The van der Waals surface area contributed by atoms with Crippen molar-refractivity contribution in [2.24, 2.45) is 0 Å². The largest absolute Gasteiger partial charge is 0.748 e. The highest BCUT2D eigenvalue weighted by Crippen LogP contribution is 2.19. The minimum absolute atomic E-state index is 0.0954. The molecule has 0 aromatic heterocycles. The first-order valence-electron chi connectivity index (χ1n) is 39.6. The van der Waals surface area contributed by atoms with Gasteiger partial charge in [0.05, 0.1) is 210 Å². The predicted octanol–water partition coefficient (Wildman–Crippen LogP) is -10.6. The normalized spacial score (nSPS) is 21.7. The second kappa shape index (κ2) is 50.8. The van der Waals surface area contributed by atoms with E-state index in [-0.39, 0.29) is 75.2 Å². The molecule has 0 aromatic carbocycles. The molecule has 7 N–H and O–H groups in total. The summed E-state index contributed by atoms with van der Waals surface area (Å²) in [5.41, 5.74) is 0. The van der Waals surface area contributed by atoms with Crippen LogP contribution in [-0.2, 0) is 95.8 Å². The Morgan fingerprint density at radius 3 is 1.01 bits per heavy atom. The number of nitrogens with one attached hydrogen (secondary N) is 4. The van der Waals surface area contributed by atoms with Crippen LogP contribution >= 0.6 is 0 Å². The molecule has 48 heteroatoms. The third-order valence-electron chi connectivity index (χ3n) is 22.7. The van der Waals surface area contributed by atoms with Gasteiger partial charge in [-0.3, -0.25) is 0 Å². The smallest absolute Gasteiger partial charge is 0.129 e. The first-order valence-corrected chi connectivity index (χ1v) is 53.8. The maximum Gasteiger partial charge on any atom is 0.129 e. The molecule has 5 heterocycles. The zero-order valence-corrected chi connectivity index (χ0v) is 73.7. The summed E-state index contributed by atoms with van der Waals surface area (Å²) < 4.78 is 299. The first kappa shape index (κ1) is 107. The fraction of sp³-hybridized carbons (Fsp3) is 1.00. The van der Waals surface area contributed by atoms with Crippen molar-refractivity contribution in [3.63, 3.8) is 0 Å². The second-order valence-corrected chi connectivity index (χ2v) is 45.9. The number of piperazine rings is 4. The maximum absolute atomic E-state index is 10.9. The molecule has 0 spiro atoms. The van der Waals surface area contributed by atoms with E-state index in [2.05, 4.69) is 19.3 Å². The predicted molar refractivity (Wildman–Crippen MR) is 407 cm³/mol. The van der Waals surface area contributed by atoms with Crippen LogP contribution in [0.5, 0.6) is 0 Å². The number of likely N-dealkylation sites (N-methyl/N-ethyl adjacent to an activating group) is 1. The highest BCUT2D eigenvalue weighted by Gasteiger charge is 2.39. The first-order chi connectivity index (χ1) is 51.6. The van der Waals surface area contributed by atoms with E-state index in [0.717, 1.165) is 135 Å². The van der Waals surface area contributed by atoms with Crippen LogP contribution in [0.25, 0.3) is 0 Å². The topological polar surface area (TPSA) is 579 Å². The fourth-order valence-corrected chi connectivity index (χ4v) is 20.6. The number of morpholine rings is 1. The van der Waals surface area contributed by atoms with Crippen LogP contribution in [0.2, 0.25) is 0 Å². The van der Waals surface area contributed by atoms with E-state index in [1.165, 1.54) is 79.3 Å².